The maximum atomic E-state index is 10.9. The van der Waals surface area contributed by atoms with E-state index in [1.807, 2.05) is 0 Å². The first-order valence-corrected chi connectivity index (χ1v) is 14.0. The Kier molecular flexibility index (Phi) is 5.57. The summed E-state index contributed by atoms with van der Waals surface area (Å²) in [6.07, 6.45) is 13.3. The van der Waals surface area contributed by atoms with Gasteiger partial charge in [-0.3, -0.25) is 0 Å². The quantitative estimate of drug-likeness (QED) is 0.415. The molecule has 10 atom stereocenters. The lowest BCUT2D eigenvalue weighted by atomic mass is 9.42. The van der Waals surface area contributed by atoms with Gasteiger partial charge >= 0.3 is 0 Å². The molecule has 5 rings (SSSR count). The maximum Gasteiger partial charge on any atom is 0.0618 e. The van der Waals surface area contributed by atoms with Crippen LogP contribution < -0.4 is 0 Å². The normalized spacial score (nSPS) is 55.8. The molecule has 0 heterocycles. The van der Waals surface area contributed by atoms with Crippen LogP contribution in [0.5, 0.6) is 0 Å². The Morgan fingerprint density at radius 1 is 0.758 bits per heavy atom. The highest BCUT2D eigenvalue weighted by atomic mass is 16.3. The number of aliphatic hydroxyl groups is 3. The van der Waals surface area contributed by atoms with Crippen molar-refractivity contribution in [2.75, 3.05) is 6.61 Å². The molecule has 4 fully saturated rings. The van der Waals surface area contributed by atoms with E-state index in [9.17, 15) is 15.3 Å². The van der Waals surface area contributed by atoms with E-state index < -0.39 is 11.5 Å². The van der Waals surface area contributed by atoms with Gasteiger partial charge in [-0.2, -0.15) is 0 Å². The molecular formula is C30H50O3. The molecule has 10 unspecified atom stereocenters. The Balaban J connectivity index is 1.50. The molecule has 33 heavy (non-hydrogen) atoms. The maximum absolute atomic E-state index is 10.9. The predicted molar refractivity (Wildman–Crippen MR) is 134 cm³/mol. The average Bonchev–Trinajstić information content (AvgIpc) is 2.91. The highest BCUT2D eigenvalue weighted by Crippen LogP contribution is 2.70. The highest BCUT2D eigenvalue weighted by molar-refractivity contribution is 5.25. The number of rotatable bonds is 1. The summed E-state index contributed by atoms with van der Waals surface area (Å²) in [5, 5.41) is 32.1. The van der Waals surface area contributed by atoms with Crippen LogP contribution >= 0.6 is 0 Å². The van der Waals surface area contributed by atoms with Crippen LogP contribution in [0.3, 0.4) is 0 Å². The van der Waals surface area contributed by atoms with Gasteiger partial charge in [-0.25, -0.2) is 0 Å². The molecule has 188 valence electrons. The summed E-state index contributed by atoms with van der Waals surface area (Å²) in [6.45, 7) is 14.6. The average molecular weight is 459 g/mol. The van der Waals surface area contributed by atoms with Gasteiger partial charge < -0.3 is 15.3 Å². The van der Waals surface area contributed by atoms with Gasteiger partial charge in [-0.05, 0) is 110 Å². The molecule has 0 aromatic heterocycles. The monoisotopic (exact) mass is 458 g/mol. The van der Waals surface area contributed by atoms with Crippen LogP contribution in [-0.4, -0.2) is 34.1 Å². The lowest BCUT2D eigenvalue weighted by molar-refractivity contribution is -0.170. The van der Waals surface area contributed by atoms with Crippen LogP contribution in [0.1, 0.15) is 106 Å². The van der Waals surface area contributed by atoms with Crippen molar-refractivity contribution in [1.29, 1.82) is 0 Å². The van der Waals surface area contributed by atoms with Gasteiger partial charge in [0.1, 0.15) is 0 Å². The van der Waals surface area contributed by atoms with Gasteiger partial charge in [-0.1, -0.05) is 53.2 Å². The number of aliphatic hydroxyl groups excluding tert-OH is 3. The predicted octanol–water partition coefficient (Wildman–Crippen LogP) is 6.11. The van der Waals surface area contributed by atoms with Crippen molar-refractivity contribution in [3.05, 3.63) is 11.6 Å². The first-order chi connectivity index (χ1) is 15.3. The summed E-state index contributed by atoms with van der Waals surface area (Å²) in [4.78, 5) is 0. The van der Waals surface area contributed by atoms with Crippen LogP contribution in [0.2, 0.25) is 0 Å². The van der Waals surface area contributed by atoms with E-state index in [0.29, 0.717) is 34.5 Å². The third-order valence-corrected chi connectivity index (χ3v) is 13.0. The van der Waals surface area contributed by atoms with Crippen molar-refractivity contribution >= 4 is 0 Å². The van der Waals surface area contributed by atoms with E-state index in [4.69, 9.17) is 0 Å². The zero-order valence-electron chi connectivity index (χ0n) is 22.2. The molecular weight excluding hydrogens is 408 g/mol. The molecule has 0 radical (unpaired) electrons. The van der Waals surface area contributed by atoms with Gasteiger partial charge in [0, 0.05) is 5.41 Å². The molecule has 3 nitrogen and oxygen atoms in total. The van der Waals surface area contributed by atoms with Crippen LogP contribution in [0.4, 0.5) is 0 Å². The smallest absolute Gasteiger partial charge is 0.0618 e. The molecule has 3 N–H and O–H groups in total. The van der Waals surface area contributed by atoms with Gasteiger partial charge in [0.05, 0.1) is 18.8 Å². The molecule has 0 spiro atoms. The van der Waals surface area contributed by atoms with E-state index in [-0.39, 0.29) is 23.5 Å². The van der Waals surface area contributed by atoms with Crippen LogP contribution in [0.25, 0.3) is 0 Å². The molecule has 0 bridgehead atoms. The van der Waals surface area contributed by atoms with Gasteiger partial charge in [-0.15, -0.1) is 0 Å². The van der Waals surface area contributed by atoms with Gasteiger partial charge in [0.2, 0.25) is 0 Å². The molecule has 5 aliphatic rings. The van der Waals surface area contributed by atoms with E-state index in [1.165, 1.54) is 38.5 Å². The topological polar surface area (TPSA) is 60.7 Å². The van der Waals surface area contributed by atoms with Gasteiger partial charge in [0.15, 0.2) is 0 Å². The minimum Gasteiger partial charge on any atom is -0.396 e. The largest absolute Gasteiger partial charge is 0.396 e. The number of allylic oxidation sites excluding steroid dienone is 2. The summed E-state index contributed by atoms with van der Waals surface area (Å²) >= 11 is 0. The third kappa shape index (κ3) is 3.17. The number of fused-ring (bicyclic) bond motifs is 6. The Labute approximate surface area is 202 Å². The van der Waals surface area contributed by atoms with Crippen molar-refractivity contribution in [3.63, 3.8) is 0 Å². The van der Waals surface area contributed by atoms with E-state index in [2.05, 4.69) is 47.6 Å². The molecule has 0 aromatic rings. The zero-order valence-corrected chi connectivity index (χ0v) is 22.2. The minimum atomic E-state index is -0.392. The van der Waals surface area contributed by atoms with E-state index in [1.54, 1.807) is 5.57 Å². The Morgan fingerprint density at radius 3 is 2.12 bits per heavy atom. The first kappa shape index (κ1) is 24.3. The van der Waals surface area contributed by atoms with E-state index in [0.717, 1.165) is 25.7 Å². The molecule has 0 saturated heterocycles. The van der Waals surface area contributed by atoms with Crippen molar-refractivity contribution in [2.24, 2.45) is 50.7 Å². The van der Waals surface area contributed by atoms with Crippen molar-refractivity contribution in [1.82, 2.24) is 0 Å². The summed E-state index contributed by atoms with van der Waals surface area (Å²) in [5.74, 6) is 2.25. The van der Waals surface area contributed by atoms with Crippen molar-refractivity contribution < 1.29 is 15.3 Å². The summed E-state index contributed by atoms with van der Waals surface area (Å²) in [7, 11) is 0. The SMILES string of the molecule is CC12CCC3C(C)(C)C(O)CCC3(C)C1CCC1C(=CCC3C(C)(CO)C(O)CCC13C)C2. The van der Waals surface area contributed by atoms with Crippen LogP contribution in [0, 0.1) is 50.7 Å². The van der Waals surface area contributed by atoms with Crippen LogP contribution in [0.15, 0.2) is 11.6 Å². The Bertz CT molecular complexity index is 817. The first-order valence-electron chi connectivity index (χ1n) is 14.0. The lowest BCUT2D eigenvalue weighted by Crippen LogP contribution is -2.58. The van der Waals surface area contributed by atoms with Crippen LogP contribution in [-0.2, 0) is 0 Å². The molecule has 5 aliphatic carbocycles. The number of hydrogen-bond donors (Lipinski definition) is 3. The Hall–Kier alpha value is -0.380. The fraction of sp³-hybridized carbons (Fsp3) is 0.933. The molecule has 4 saturated carbocycles. The summed E-state index contributed by atoms with van der Waals surface area (Å²) in [5.41, 5.74) is 2.15. The van der Waals surface area contributed by atoms with Crippen molar-refractivity contribution in [2.45, 2.75) is 118 Å². The third-order valence-electron chi connectivity index (χ3n) is 13.0. The fourth-order valence-corrected chi connectivity index (χ4v) is 11.0. The number of hydrogen-bond acceptors (Lipinski definition) is 3. The lowest BCUT2D eigenvalue weighted by Gasteiger charge is -2.63. The van der Waals surface area contributed by atoms with E-state index >= 15 is 0 Å². The minimum absolute atomic E-state index is 0.00614. The summed E-state index contributed by atoms with van der Waals surface area (Å²) < 4.78 is 0. The fourth-order valence-electron chi connectivity index (χ4n) is 11.0. The van der Waals surface area contributed by atoms with Gasteiger partial charge in [0.25, 0.3) is 0 Å². The highest BCUT2D eigenvalue weighted by Gasteiger charge is 2.63. The summed E-state index contributed by atoms with van der Waals surface area (Å²) in [6, 6.07) is 0. The molecule has 0 aromatic carbocycles. The zero-order chi connectivity index (χ0) is 24.0. The second kappa shape index (κ2) is 7.56. The second-order valence-electron chi connectivity index (χ2n) is 14.8. The standard InChI is InChI=1S/C30H50O3/c1-26(2)21-11-14-27(3)17-19-7-9-23-28(4,15-13-25(33)30(23,6)18-31)20(19)8-10-22(27)29(21,5)16-12-24(26)32/h7,20-25,31-33H,8-18H2,1-6H3. The molecule has 0 aliphatic heterocycles. The van der Waals surface area contributed by atoms with Crippen molar-refractivity contribution in [3.8, 4) is 0 Å². The molecule has 0 amide bonds. The Morgan fingerprint density at radius 2 is 1.42 bits per heavy atom. The second-order valence-corrected chi connectivity index (χ2v) is 14.8. The molecule has 3 heteroatoms.